The number of aliphatic hydroxyl groups excluding tert-OH is 1. The van der Waals surface area contributed by atoms with Crippen molar-refractivity contribution in [1.82, 2.24) is 15.0 Å². The maximum absolute atomic E-state index is 13.8. The average molecular weight is 517 g/mol. The summed E-state index contributed by atoms with van der Waals surface area (Å²) in [5, 5.41) is 9.29. The van der Waals surface area contributed by atoms with Crippen molar-refractivity contribution in [1.29, 1.82) is 0 Å². The monoisotopic (exact) mass is 516 g/mol. The van der Waals surface area contributed by atoms with Gasteiger partial charge in [0.2, 0.25) is 5.95 Å². The van der Waals surface area contributed by atoms with Crippen molar-refractivity contribution in [2.45, 2.75) is 45.1 Å². The molecule has 0 amide bonds. The molecule has 0 radical (unpaired) electrons. The summed E-state index contributed by atoms with van der Waals surface area (Å²) >= 11 is 0. The van der Waals surface area contributed by atoms with E-state index in [4.69, 9.17) is 9.97 Å². The van der Waals surface area contributed by atoms with Gasteiger partial charge in [0, 0.05) is 56.1 Å². The maximum Gasteiger partial charge on any atom is 0.419 e. The van der Waals surface area contributed by atoms with E-state index < -0.39 is 18.3 Å². The third kappa shape index (κ3) is 5.04. The minimum Gasteiger partial charge on any atom is -0.392 e. The quantitative estimate of drug-likeness (QED) is 0.501. The van der Waals surface area contributed by atoms with Crippen LogP contribution in [0, 0.1) is 5.82 Å². The van der Waals surface area contributed by atoms with Crippen LogP contribution in [0.3, 0.4) is 0 Å². The Labute approximate surface area is 212 Å². The number of hydrogen-bond acceptors (Lipinski definition) is 7. The van der Waals surface area contributed by atoms with Crippen LogP contribution < -0.4 is 14.7 Å². The second kappa shape index (κ2) is 9.77. The molecule has 2 atom stereocenters. The van der Waals surface area contributed by atoms with Crippen LogP contribution in [0.25, 0.3) is 11.3 Å². The molecule has 0 bridgehead atoms. The summed E-state index contributed by atoms with van der Waals surface area (Å²) in [5.74, 6) is 0.792. The zero-order chi connectivity index (χ0) is 26.3. The van der Waals surface area contributed by atoms with Crippen LogP contribution in [0.4, 0.5) is 35.1 Å². The van der Waals surface area contributed by atoms with Crippen LogP contribution in [-0.4, -0.2) is 58.3 Å². The SMILES string of the molecule is C[C@@H]1CCN1c1nc(-c2ccc(F)cc2)cc(N2CCN(c3ncc(CO)cc3C(F)(F)F)C[C@@H]2C)n1. The fraction of sp³-hybridized carbons (Fsp3) is 0.423. The fourth-order valence-corrected chi connectivity index (χ4v) is 4.82. The van der Waals surface area contributed by atoms with Gasteiger partial charge in [-0.2, -0.15) is 18.2 Å². The molecule has 2 saturated heterocycles. The van der Waals surface area contributed by atoms with Gasteiger partial charge in [-0.25, -0.2) is 14.4 Å². The molecule has 11 heteroatoms. The molecule has 7 nitrogen and oxygen atoms in total. The molecular weight excluding hydrogens is 488 g/mol. The Bertz CT molecular complexity index is 1270. The van der Waals surface area contributed by atoms with Gasteiger partial charge < -0.3 is 19.8 Å². The van der Waals surface area contributed by atoms with E-state index in [0.717, 1.165) is 24.6 Å². The third-order valence-electron chi connectivity index (χ3n) is 7.05. The predicted octanol–water partition coefficient (Wildman–Crippen LogP) is 4.50. The molecular formula is C26H28F4N6O. The Morgan fingerprint density at radius 2 is 1.73 bits per heavy atom. The van der Waals surface area contributed by atoms with E-state index in [1.54, 1.807) is 17.0 Å². The van der Waals surface area contributed by atoms with Crippen molar-refractivity contribution in [3.8, 4) is 11.3 Å². The smallest absolute Gasteiger partial charge is 0.392 e. The molecule has 5 rings (SSSR count). The Kier molecular flexibility index (Phi) is 6.65. The highest BCUT2D eigenvalue weighted by Gasteiger charge is 2.38. The first kappa shape index (κ1) is 25.2. The molecule has 37 heavy (non-hydrogen) atoms. The predicted molar refractivity (Wildman–Crippen MR) is 133 cm³/mol. The van der Waals surface area contributed by atoms with E-state index in [1.165, 1.54) is 18.3 Å². The lowest BCUT2D eigenvalue weighted by molar-refractivity contribution is -0.137. The number of halogens is 4. The van der Waals surface area contributed by atoms with Crippen molar-refractivity contribution in [2.24, 2.45) is 0 Å². The van der Waals surface area contributed by atoms with Gasteiger partial charge in [-0.05, 0) is 56.2 Å². The fourth-order valence-electron chi connectivity index (χ4n) is 4.82. The van der Waals surface area contributed by atoms with Gasteiger partial charge in [0.05, 0.1) is 17.9 Å². The first-order valence-corrected chi connectivity index (χ1v) is 12.2. The Morgan fingerprint density at radius 3 is 2.32 bits per heavy atom. The number of piperazine rings is 1. The lowest BCUT2D eigenvalue weighted by Gasteiger charge is -2.43. The zero-order valence-electron chi connectivity index (χ0n) is 20.6. The highest BCUT2D eigenvalue weighted by molar-refractivity contribution is 5.66. The van der Waals surface area contributed by atoms with E-state index in [-0.39, 0.29) is 23.2 Å². The molecule has 2 aromatic heterocycles. The van der Waals surface area contributed by atoms with E-state index in [0.29, 0.717) is 43.1 Å². The second-order valence-corrected chi connectivity index (χ2v) is 9.61. The summed E-state index contributed by atoms with van der Waals surface area (Å²) in [6.45, 7) is 5.41. The molecule has 0 spiro atoms. The second-order valence-electron chi connectivity index (χ2n) is 9.61. The van der Waals surface area contributed by atoms with Crippen molar-refractivity contribution in [2.75, 3.05) is 40.9 Å². The molecule has 2 fully saturated rings. The Balaban J connectivity index is 1.45. The van der Waals surface area contributed by atoms with Gasteiger partial charge in [-0.1, -0.05) is 0 Å². The molecule has 2 aliphatic heterocycles. The van der Waals surface area contributed by atoms with E-state index >= 15 is 0 Å². The van der Waals surface area contributed by atoms with Crippen LogP contribution in [-0.2, 0) is 12.8 Å². The number of alkyl halides is 3. The first-order chi connectivity index (χ1) is 17.6. The molecule has 0 saturated carbocycles. The summed E-state index contributed by atoms with van der Waals surface area (Å²) in [6, 6.07) is 9.06. The van der Waals surface area contributed by atoms with Crippen molar-refractivity contribution in [3.63, 3.8) is 0 Å². The highest BCUT2D eigenvalue weighted by atomic mass is 19.4. The lowest BCUT2D eigenvalue weighted by atomic mass is 10.1. The third-order valence-corrected chi connectivity index (χ3v) is 7.05. The Morgan fingerprint density at radius 1 is 0.973 bits per heavy atom. The largest absolute Gasteiger partial charge is 0.419 e. The number of rotatable bonds is 5. The summed E-state index contributed by atoms with van der Waals surface area (Å²) in [5.41, 5.74) is 0.683. The Hall–Kier alpha value is -3.47. The standard InChI is InChI=1S/C26H28F4N6O/c1-16-7-8-36(16)25-32-22(19-3-5-20(27)6-4-19)12-23(33-25)35-10-9-34(14-17(35)2)24-21(26(28,29)30)11-18(15-37)13-31-24/h3-6,11-13,16-17,37H,7-10,14-15H2,1-2H3/t16-,17+/m1/s1. The van der Waals surface area contributed by atoms with Crippen LogP contribution in [0.5, 0.6) is 0 Å². The summed E-state index contributed by atoms with van der Waals surface area (Å²) < 4.78 is 54.9. The maximum atomic E-state index is 13.8. The van der Waals surface area contributed by atoms with Gasteiger partial charge in [0.25, 0.3) is 0 Å². The summed E-state index contributed by atoms with van der Waals surface area (Å²) in [6.07, 6.45) is -2.27. The zero-order valence-corrected chi connectivity index (χ0v) is 20.6. The molecule has 1 aromatic carbocycles. The molecule has 2 aliphatic rings. The van der Waals surface area contributed by atoms with Crippen molar-refractivity contribution >= 4 is 17.6 Å². The van der Waals surface area contributed by atoms with Gasteiger partial charge in [-0.15, -0.1) is 0 Å². The molecule has 0 aliphatic carbocycles. The number of aromatic nitrogens is 3. The van der Waals surface area contributed by atoms with Gasteiger partial charge in [0.1, 0.15) is 17.5 Å². The molecule has 0 unspecified atom stereocenters. The van der Waals surface area contributed by atoms with Crippen molar-refractivity contribution in [3.05, 3.63) is 59.5 Å². The van der Waals surface area contributed by atoms with Gasteiger partial charge in [-0.3, -0.25) is 0 Å². The minimum atomic E-state index is -4.59. The molecule has 1 N–H and O–H groups in total. The summed E-state index contributed by atoms with van der Waals surface area (Å²) in [7, 11) is 0. The van der Waals surface area contributed by atoms with Crippen molar-refractivity contribution < 1.29 is 22.7 Å². The minimum absolute atomic E-state index is 0.116. The van der Waals surface area contributed by atoms with Crippen LogP contribution in [0.2, 0.25) is 0 Å². The number of nitrogens with zero attached hydrogens (tertiary/aromatic N) is 6. The topological polar surface area (TPSA) is 68.6 Å². The average Bonchev–Trinajstić information content (AvgIpc) is 2.87. The van der Waals surface area contributed by atoms with Gasteiger partial charge in [0.15, 0.2) is 0 Å². The number of anilines is 3. The van der Waals surface area contributed by atoms with E-state index in [1.807, 2.05) is 13.0 Å². The normalized spacial score (nSPS) is 20.2. The number of hydrogen-bond donors (Lipinski definition) is 1. The number of aliphatic hydroxyl groups is 1. The molecule has 196 valence electrons. The van der Waals surface area contributed by atoms with Gasteiger partial charge >= 0.3 is 6.18 Å². The number of pyridine rings is 1. The van der Waals surface area contributed by atoms with E-state index in [9.17, 15) is 22.7 Å². The summed E-state index contributed by atoms with van der Waals surface area (Å²) in [4.78, 5) is 19.4. The van der Waals surface area contributed by atoms with E-state index in [2.05, 4.69) is 21.7 Å². The first-order valence-electron chi connectivity index (χ1n) is 12.2. The molecule has 4 heterocycles. The highest BCUT2D eigenvalue weighted by Crippen LogP contribution is 2.37. The van der Waals surface area contributed by atoms with Crippen LogP contribution >= 0.6 is 0 Å². The number of benzene rings is 1. The lowest BCUT2D eigenvalue weighted by Crippen LogP contribution is -2.53. The molecule has 3 aromatic rings. The van der Waals surface area contributed by atoms with Crippen LogP contribution in [0.1, 0.15) is 31.4 Å². The van der Waals surface area contributed by atoms with Crippen LogP contribution in [0.15, 0.2) is 42.6 Å².